The molecule has 0 amide bonds. The molecular weight excluding hydrogens is 521 g/mol. The first-order chi connectivity index (χ1) is 15.9. The molecule has 0 heterocycles. The number of benzene rings is 3. The quantitative estimate of drug-likeness (QED) is 0.284. The summed E-state index contributed by atoms with van der Waals surface area (Å²) >= 11 is 0. The Hall–Kier alpha value is -4.09. The molecule has 0 fully saturated rings. The Morgan fingerprint density at radius 1 is 0.441 bits per heavy atom. The van der Waals surface area contributed by atoms with Crippen molar-refractivity contribution in [1.82, 2.24) is 0 Å². The van der Waals surface area contributed by atoms with E-state index in [1.165, 1.54) is 0 Å². The largest absolute Gasteiger partial charge is 0.478 e. The first-order valence-corrected chi connectivity index (χ1v) is 9.75. The fraction of sp³-hybridized carbons (Fsp3) is 0. The maximum atomic E-state index is 10.1. The van der Waals surface area contributed by atoms with Crippen molar-refractivity contribution in [3.63, 3.8) is 0 Å². The summed E-state index contributed by atoms with van der Waals surface area (Å²) in [4.78, 5) is 30.3. The molecular formula is C27H24O6Ru. The summed E-state index contributed by atoms with van der Waals surface area (Å²) in [5.74, 6) is -2.77. The second kappa shape index (κ2) is 18.5. The zero-order chi connectivity index (χ0) is 24.3. The molecule has 3 rings (SSSR count). The van der Waals surface area contributed by atoms with Gasteiger partial charge in [-0.05, 0) is 34.9 Å². The summed E-state index contributed by atoms with van der Waals surface area (Å²) < 4.78 is 0. The van der Waals surface area contributed by atoms with Crippen LogP contribution >= 0.6 is 0 Å². The number of hydrogen-bond acceptors (Lipinski definition) is 3. The SMILES string of the molecule is O=C(O)C=Cc1ccccc1.O=C(O)C=Cc1ccccc1.O=C(O)C=Cc1ccccc1.[Ru]. The third-order valence-corrected chi connectivity index (χ3v) is 3.65. The maximum Gasteiger partial charge on any atom is 0.328 e. The van der Waals surface area contributed by atoms with E-state index >= 15 is 0 Å². The van der Waals surface area contributed by atoms with Crippen LogP contribution in [0.2, 0.25) is 0 Å². The van der Waals surface area contributed by atoms with Crippen molar-refractivity contribution in [3.05, 3.63) is 126 Å². The summed E-state index contributed by atoms with van der Waals surface area (Å²) in [6.07, 6.45) is 8.03. The van der Waals surface area contributed by atoms with E-state index in [4.69, 9.17) is 15.3 Å². The van der Waals surface area contributed by atoms with Crippen LogP contribution in [-0.2, 0) is 33.9 Å². The monoisotopic (exact) mass is 546 g/mol. The number of rotatable bonds is 6. The van der Waals surface area contributed by atoms with Gasteiger partial charge in [-0.3, -0.25) is 0 Å². The number of carbonyl (C=O) groups is 3. The molecule has 0 spiro atoms. The molecule has 0 aliphatic heterocycles. The Bertz CT molecular complexity index is 934. The maximum absolute atomic E-state index is 10.1. The van der Waals surface area contributed by atoms with Gasteiger partial charge in [0, 0.05) is 37.7 Å². The minimum absolute atomic E-state index is 0. The molecule has 34 heavy (non-hydrogen) atoms. The van der Waals surface area contributed by atoms with Gasteiger partial charge in [0.15, 0.2) is 0 Å². The van der Waals surface area contributed by atoms with E-state index in [-0.39, 0.29) is 19.5 Å². The minimum atomic E-state index is -0.922. The third kappa shape index (κ3) is 16.6. The Morgan fingerprint density at radius 3 is 0.824 bits per heavy atom. The van der Waals surface area contributed by atoms with Crippen LogP contribution in [0.25, 0.3) is 18.2 Å². The predicted octanol–water partition coefficient (Wildman–Crippen LogP) is 5.35. The van der Waals surface area contributed by atoms with Crippen molar-refractivity contribution in [2.24, 2.45) is 0 Å². The summed E-state index contributed by atoms with van der Waals surface area (Å²) in [6.45, 7) is 0. The van der Waals surface area contributed by atoms with Crippen LogP contribution in [0.15, 0.2) is 109 Å². The summed E-state index contributed by atoms with van der Waals surface area (Å²) in [5.41, 5.74) is 2.69. The molecule has 3 aromatic rings. The molecule has 0 aliphatic carbocycles. The van der Waals surface area contributed by atoms with Crippen LogP contribution in [0, 0.1) is 0 Å². The molecule has 3 aromatic carbocycles. The van der Waals surface area contributed by atoms with Crippen molar-refractivity contribution in [2.75, 3.05) is 0 Å². The van der Waals surface area contributed by atoms with Crippen LogP contribution in [0.5, 0.6) is 0 Å². The number of carboxylic acids is 3. The Kier molecular flexibility index (Phi) is 16.3. The number of aliphatic carboxylic acids is 3. The summed E-state index contributed by atoms with van der Waals surface area (Å²) in [6, 6.07) is 27.9. The van der Waals surface area contributed by atoms with Crippen LogP contribution in [0.3, 0.4) is 0 Å². The van der Waals surface area contributed by atoms with E-state index in [1.807, 2.05) is 91.0 Å². The van der Waals surface area contributed by atoms with Gasteiger partial charge in [0.1, 0.15) is 0 Å². The van der Waals surface area contributed by atoms with Gasteiger partial charge in [0.25, 0.3) is 0 Å². The van der Waals surface area contributed by atoms with Gasteiger partial charge in [0.2, 0.25) is 0 Å². The summed E-state index contributed by atoms with van der Waals surface area (Å²) in [7, 11) is 0. The van der Waals surface area contributed by atoms with E-state index < -0.39 is 17.9 Å². The minimum Gasteiger partial charge on any atom is -0.478 e. The van der Waals surface area contributed by atoms with Gasteiger partial charge in [-0.2, -0.15) is 0 Å². The Morgan fingerprint density at radius 2 is 0.647 bits per heavy atom. The third-order valence-electron chi connectivity index (χ3n) is 3.65. The number of carboxylic acid groups (broad SMARTS) is 3. The van der Waals surface area contributed by atoms with Crippen LogP contribution in [0.4, 0.5) is 0 Å². The van der Waals surface area contributed by atoms with Crippen molar-refractivity contribution in [3.8, 4) is 0 Å². The molecule has 0 radical (unpaired) electrons. The molecule has 3 N–H and O–H groups in total. The normalized spacial score (nSPS) is 9.88. The zero-order valence-electron chi connectivity index (χ0n) is 18.0. The molecule has 0 unspecified atom stereocenters. The van der Waals surface area contributed by atoms with Gasteiger partial charge in [-0.15, -0.1) is 0 Å². The Labute approximate surface area is 211 Å². The van der Waals surface area contributed by atoms with Gasteiger partial charge in [0.05, 0.1) is 0 Å². The molecule has 0 aromatic heterocycles. The Balaban J connectivity index is 0.000000473. The van der Waals surface area contributed by atoms with E-state index in [1.54, 1.807) is 18.2 Å². The van der Waals surface area contributed by atoms with Gasteiger partial charge in [-0.1, -0.05) is 91.0 Å². The second-order valence-corrected chi connectivity index (χ2v) is 6.25. The molecule has 0 atom stereocenters. The second-order valence-electron chi connectivity index (χ2n) is 6.25. The standard InChI is InChI=1S/3C9H8O2.Ru/c3*10-9(11)7-6-8-4-2-1-3-5-8;/h3*1-7H,(H,10,11);. The van der Waals surface area contributed by atoms with Crippen molar-refractivity contribution < 1.29 is 49.2 Å². The van der Waals surface area contributed by atoms with Gasteiger partial charge < -0.3 is 15.3 Å². The molecule has 0 aliphatic rings. The van der Waals surface area contributed by atoms with Crippen LogP contribution in [-0.4, -0.2) is 33.2 Å². The smallest absolute Gasteiger partial charge is 0.328 e. The molecule has 6 nitrogen and oxygen atoms in total. The topological polar surface area (TPSA) is 112 Å². The van der Waals surface area contributed by atoms with Crippen LogP contribution < -0.4 is 0 Å². The molecule has 176 valence electrons. The van der Waals surface area contributed by atoms with E-state index in [0.29, 0.717) is 0 Å². The van der Waals surface area contributed by atoms with E-state index in [9.17, 15) is 14.4 Å². The van der Waals surface area contributed by atoms with Crippen LogP contribution in [0.1, 0.15) is 16.7 Å². The van der Waals surface area contributed by atoms with E-state index in [0.717, 1.165) is 34.9 Å². The average molecular weight is 546 g/mol. The van der Waals surface area contributed by atoms with Crippen molar-refractivity contribution >= 4 is 36.1 Å². The molecule has 0 saturated heterocycles. The summed E-state index contributed by atoms with van der Waals surface area (Å²) in [5, 5.41) is 24.9. The predicted molar refractivity (Wildman–Crippen MR) is 129 cm³/mol. The molecule has 0 bridgehead atoms. The van der Waals surface area contributed by atoms with Crippen molar-refractivity contribution in [2.45, 2.75) is 0 Å². The number of hydrogen-bond donors (Lipinski definition) is 3. The fourth-order valence-corrected chi connectivity index (χ4v) is 2.19. The molecule has 0 saturated carbocycles. The zero-order valence-corrected chi connectivity index (χ0v) is 19.8. The fourth-order valence-electron chi connectivity index (χ4n) is 2.19. The first kappa shape index (κ1) is 29.9. The van der Waals surface area contributed by atoms with Gasteiger partial charge in [-0.25, -0.2) is 14.4 Å². The molecule has 7 heteroatoms. The van der Waals surface area contributed by atoms with E-state index in [2.05, 4.69) is 0 Å². The first-order valence-electron chi connectivity index (χ1n) is 9.75. The van der Waals surface area contributed by atoms with Gasteiger partial charge >= 0.3 is 17.9 Å². The average Bonchev–Trinajstić information content (AvgIpc) is 2.83. The van der Waals surface area contributed by atoms with Crippen molar-refractivity contribution in [1.29, 1.82) is 0 Å².